The van der Waals surface area contributed by atoms with Gasteiger partial charge < -0.3 is 5.32 Å². The number of thiazole rings is 1. The summed E-state index contributed by atoms with van der Waals surface area (Å²) in [7, 11) is 0. The highest BCUT2D eigenvalue weighted by atomic mass is 35.5. The lowest BCUT2D eigenvalue weighted by Crippen LogP contribution is -2.08. The zero-order valence-corrected chi connectivity index (χ0v) is 11.6. The molecule has 2 heterocycles. The Morgan fingerprint density at radius 3 is 2.65 bits per heavy atom. The number of rotatable bonds is 3. The lowest BCUT2D eigenvalue weighted by molar-refractivity contribution is 0.836. The fourth-order valence-corrected chi connectivity index (χ4v) is 2.75. The number of pyridine rings is 1. The van der Waals surface area contributed by atoms with E-state index in [0.29, 0.717) is 5.15 Å². The van der Waals surface area contributed by atoms with Crippen LogP contribution in [-0.4, -0.2) is 9.97 Å². The standard InChI is InChI=1S/C12H14ClN3S/c1-7(12-8(2)17-9(3)16-12)15-10-4-5-11(13)14-6-10/h4-7,15H,1-3H3. The van der Waals surface area contributed by atoms with E-state index in [0.717, 1.165) is 16.4 Å². The smallest absolute Gasteiger partial charge is 0.129 e. The zero-order chi connectivity index (χ0) is 12.4. The highest BCUT2D eigenvalue weighted by Crippen LogP contribution is 2.25. The molecule has 3 nitrogen and oxygen atoms in total. The number of hydrogen-bond donors (Lipinski definition) is 1. The maximum atomic E-state index is 5.74. The van der Waals surface area contributed by atoms with Crippen LogP contribution in [0.5, 0.6) is 0 Å². The van der Waals surface area contributed by atoms with Crippen LogP contribution >= 0.6 is 22.9 Å². The third kappa shape index (κ3) is 2.96. The molecule has 2 aromatic heterocycles. The Balaban J connectivity index is 2.14. The summed E-state index contributed by atoms with van der Waals surface area (Å²) < 4.78 is 0. The molecule has 0 amide bonds. The van der Waals surface area contributed by atoms with Gasteiger partial charge in [-0.3, -0.25) is 0 Å². The van der Waals surface area contributed by atoms with E-state index in [4.69, 9.17) is 11.6 Å². The van der Waals surface area contributed by atoms with E-state index in [1.165, 1.54) is 4.88 Å². The molecular formula is C12H14ClN3S. The van der Waals surface area contributed by atoms with Crippen molar-refractivity contribution in [1.82, 2.24) is 9.97 Å². The number of anilines is 1. The largest absolute Gasteiger partial charge is 0.376 e. The van der Waals surface area contributed by atoms with E-state index in [2.05, 4.69) is 29.1 Å². The van der Waals surface area contributed by atoms with E-state index in [1.54, 1.807) is 23.6 Å². The average Bonchev–Trinajstić information content (AvgIpc) is 2.61. The molecule has 2 rings (SSSR count). The molecule has 1 atom stereocenters. The molecule has 5 heteroatoms. The average molecular weight is 268 g/mol. The van der Waals surface area contributed by atoms with Crippen LogP contribution in [0, 0.1) is 13.8 Å². The predicted molar refractivity (Wildman–Crippen MR) is 72.9 cm³/mol. The molecule has 1 unspecified atom stereocenters. The lowest BCUT2D eigenvalue weighted by atomic mass is 10.2. The molecule has 2 aromatic rings. The van der Waals surface area contributed by atoms with Crippen molar-refractivity contribution < 1.29 is 0 Å². The van der Waals surface area contributed by atoms with E-state index in [-0.39, 0.29) is 6.04 Å². The van der Waals surface area contributed by atoms with Gasteiger partial charge in [-0.25, -0.2) is 9.97 Å². The number of aromatic nitrogens is 2. The van der Waals surface area contributed by atoms with Crippen LogP contribution in [0.2, 0.25) is 5.15 Å². The molecule has 0 saturated carbocycles. The highest BCUT2D eigenvalue weighted by Gasteiger charge is 2.12. The van der Waals surface area contributed by atoms with Gasteiger partial charge in [0.25, 0.3) is 0 Å². The van der Waals surface area contributed by atoms with Gasteiger partial charge in [0.1, 0.15) is 5.15 Å². The predicted octanol–water partition coefficient (Wildman–Crippen LogP) is 3.98. The van der Waals surface area contributed by atoms with Gasteiger partial charge in [0.05, 0.1) is 28.6 Å². The van der Waals surface area contributed by atoms with Gasteiger partial charge in [0.2, 0.25) is 0 Å². The molecule has 0 saturated heterocycles. The third-order valence-electron chi connectivity index (χ3n) is 2.46. The molecule has 0 bridgehead atoms. The molecule has 0 aromatic carbocycles. The summed E-state index contributed by atoms with van der Waals surface area (Å²) in [6.07, 6.45) is 1.73. The van der Waals surface area contributed by atoms with Crippen molar-refractivity contribution in [3.05, 3.63) is 39.1 Å². The molecule has 0 fully saturated rings. The molecule has 0 aliphatic rings. The second kappa shape index (κ2) is 5.02. The molecular weight excluding hydrogens is 254 g/mol. The number of nitrogens with zero attached hydrogens (tertiary/aromatic N) is 2. The van der Waals surface area contributed by atoms with Crippen molar-refractivity contribution in [3.8, 4) is 0 Å². The number of nitrogens with one attached hydrogen (secondary N) is 1. The summed E-state index contributed by atoms with van der Waals surface area (Å²) >= 11 is 7.47. The summed E-state index contributed by atoms with van der Waals surface area (Å²) in [5.41, 5.74) is 2.05. The molecule has 0 aliphatic heterocycles. The first-order valence-corrected chi connectivity index (χ1v) is 6.57. The number of aryl methyl sites for hydroxylation is 2. The van der Waals surface area contributed by atoms with Crippen LogP contribution in [0.4, 0.5) is 5.69 Å². The van der Waals surface area contributed by atoms with Crippen LogP contribution in [0.1, 0.15) is 28.5 Å². The SMILES string of the molecule is Cc1nc(C(C)Nc2ccc(Cl)nc2)c(C)s1. The van der Waals surface area contributed by atoms with Crippen LogP contribution < -0.4 is 5.32 Å². The minimum Gasteiger partial charge on any atom is -0.376 e. The van der Waals surface area contributed by atoms with Gasteiger partial charge in [-0.05, 0) is 32.9 Å². The van der Waals surface area contributed by atoms with Crippen LogP contribution in [0.25, 0.3) is 0 Å². The van der Waals surface area contributed by atoms with Gasteiger partial charge in [-0.15, -0.1) is 11.3 Å². The minimum absolute atomic E-state index is 0.169. The van der Waals surface area contributed by atoms with Crippen LogP contribution in [0.15, 0.2) is 18.3 Å². The second-order valence-corrected chi connectivity index (χ2v) is 5.70. The van der Waals surface area contributed by atoms with E-state index < -0.39 is 0 Å². The van der Waals surface area contributed by atoms with E-state index in [1.807, 2.05) is 13.0 Å². The van der Waals surface area contributed by atoms with Gasteiger partial charge in [-0.2, -0.15) is 0 Å². The van der Waals surface area contributed by atoms with Crippen LogP contribution in [-0.2, 0) is 0 Å². The summed E-state index contributed by atoms with van der Waals surface area (Å²) in [4.78, 5) is 9.83. The Morgan fingerprint density at radius 2 is 2.12 bits per heavy atom. The van der Waals surface area contributed by atoms with E-state index in [9.17, 15) is 0 Å². The Kier molecular flexibility index (Phi) is 3.64. The highest BCUT2D eigenvalue weighted by molar-refractivity contribution is 7.11. The molecule has 90 valence electrons. The fraction of sp³-hybridized carbons (Fsp3) is 0.333. The molecule has 17 heavy (non-hydrogen) atoms. The maximum Gasteiger partial charge on any atom is 0.129 e. The van der Waals surface area contributed by atoms with Gasteiger partial charge in [-0.1, -0.05) is 11.6 Å². The summed E-state index contributed by atoms with van der Waals surface area (Å²) in [6, 6.07) is 3.86. The van der Waals surface area contributed by atoms with Gasteiger partial charge >= 0.3 is 0 Å². The number of hydrogen-bond acceptors (Lipinski definition) is 4. The van der Waals surface area contributed by atoms with Crippen LogP contribution in [0.3, 0.4) is 0 Å². The van der Waals surface area contributed by atoms with Crippen molar-refractivity contribution in [2.24, 2.45) is 0 Å². The number of halogens is 1. The maximum absolute atomic E-state index is 5.74. The van der Waals surface area contributed by atoms with Crippen molar-refractivity contribution in [2.75, 3.05) is 5.32 Å². The first-order valence-electron chi connectivity index (χ1n) is 5.38. The minimum atomic E-state index is 0.169. The quantitative estimate of drug-likeness (QED) is 0.855. The topological polar surface area (TPSA) is 37.8 Å². The van der Waals surface area contributed by atoms with Crippen molar-refractivity contribution in [2.45, 2.75) is 26.8 Å². The van der Waals surface area contributed by atoms with Crippen molar-refractivity contribution in [1.29, 1.82) is 0 Å². The normalized spacial score (nSPS) is 12.5. The fourth-order valence-electron chi connectivity index (χ4n) is 1.73. The monoisotopic (exact) mass is 267 g/mol. The van der Waals surface area contributed by atoms with Gasteiger partial charge in [0, 0.05) is 4.88 Å². The first kappa shape index (κ1) is 12.3. The first-order chi connectivity index (χ1) is 8.06. The lowest BCUT2D eigenvalue weighted by Gasteiger charge is -2.13. The Bertz CT molecular complexity index is 507. The molecule has 0 radical (unpaired) electrons. The van der Waals surface area contributed by atoms with Crippen molar-refractivity contribution in [3.63, 3.8) is 0 Å². The summed E-state index contributed by atoms with van der Waals surface area (Å²) in [5, 5.41) is 4.96. The Labute approximate surface area is 110 Å². The Hall–Kier alpha value is -1.13. The van der Waals surface area contributed by atoms with E-state index >= 15 is 0 Å². The third-order valence-corrected chi connectivity index (χ3v) is 3.59. The Morgan fingerprint density at radius 1 is 1.35 bits per heavy atom. The molecule has 0 spiro atoms. The molecule has 1 N–H and O–H groups in total. The molecule has 0 aliphatic carbocycles. The second-order valence-electron chi connectivity index (χ2n) is 3.91. The van der Waals surface area contributed by atoms with Gasteiger partial charge in [0.15, 0.2) is 0 Å². The summed E-state index contributed by atoms with van der Waals surface area (Å²) in [5.74, 6) is 0. The van der Waals surface area contributed by atoms with Crippen molar-refractivity contribution >= 4 is 28.6 Å². The summed E-state index contributed by atoms with van der Waals surface area (Å²) in [6.45, 7) is 6.21. The zero-order valence-electron chi connectivity index (χ0n) is 9.99.